The van der Waals surface area contributed by atoms with Crippen LogP contribution in [0.3, 0.4) is 0 Å². The Morgan fingerprint density at radius 2 is 1.96 bits per heavy atom. The van der Waals surface area contributed by atoms with E-state index in [1.165, 1.54) is 6.07 Å². The number of fused-ring (bicyclic) bond motifs is 1. The summed E-state index contributed by atoms with van der Waals surface area (Å²) in [4.78, 5) is 19.6. The number of halogens is 4. The molecule has 5 nitrogen and oxygen atoms in total. The first-order valence-corrected chi connectivity index (χ1v) is 9.21. The number of rotatable bonds is 3. The largest absolute Gasteiger partial charge is 0.417 e. The monoisotopic (exact) mass is 386 g/mol. The topological polar surface area (TPSA) is 62.5 Å². The van der Waals surface area contributed by atoms with Crippen molar-refractivity contribution in [2.75, 3.05) is 24.5 Å². The van der Waals surface area contributed by atoms with Crippen LogP contribution in [0.25, 0.3) is 0 Å². The molecule has 4 rings (SSSR count). The lowest BCUT2D eigenvalue weighted by Crippen LogP contribution is -2.48. The van der Waals surface area contributed by atoms with Gasteiger partial charge in [-0.05, 0) is 36.8 Å². The minimum atomic E-state index is -4.40. The van der Waals surface area contributed by atoms with E-state index in [0.717, 1.165) is 25.1 Å². The second kappa shape index (κ2) is 6.61. The fraction of sp³-hybridized carbons (Fsp3) is 0.667. The molecule has 0 bridgehead atoms. The lowest BCUT2D eigenvalue weighted by molar-refractivity contribution is -0.137. The van der Waals surface area contributed by atoms with Crippen molar-refractivity contribution in [3.8, 4) is 0 Å². The average molecular weight is 386 g/mol. The molecule has 1 saturated carbocycles. The summed E-state index contributed by atoms with van der Waals surface area (Å²) in [7, 11) is 0. The molecule has 0 unspecified atom stereocenters. The summed E-state index contributed by atoms with van der Waals surface area (Å²) in [5.41, 5.74) is 4.70. The first-order chi connectivity index (χ1) is 12.7. The van der Waals surface area contributed by atoms with Gasteiger partial charge in [-0.1, -0.05) is 0 Å². The van der Waals surface area contributed by atoms with Crippen LogP contribution in [0.2, 0.25) is 0 Å². The third-order valence-electron chi connectivity index (χ3n) is 6.26. The number of nitrogens with zero attached hydrogens (tertiary/aromatic N) is 3. The van der Waals surface area contributed by atoms with Crippen molar-refractivity contribution in [1.82, 2.24) is 9.88 Å². The zero-order valence-electron chi connectivity index (χ0n) is 14.7. The Balaban J connectivity index is 1.48. The molecule has 3 aliphatic rings. The average Bonchev–Trinajstić information content (AvgIpc) is 3.27. The quantitative estimate of drug-likeness (QED) is 0.810. The van der Waals surface area contributed by atoms with Crippen LogP contribution in [-0.2, 0) is 11.0 Å². The Labute approximate surface area is 154 Å². The molecule has 1 aliphatic carbocycles. The van der Waals surface area contributed by atoms with Gasteiger partial charge in [-0.2, -0.15) is 13.2 Å². The normalized spacial score (nSPS) is 34.2. The van der Waals surface area contributed by atoms with Crippen LogP contribution in [-0.4, -0.2) is 53.7 Å². The molecule has 2 aliphatic heterocycles. The number of hydrogen-bond acceptors (Lipinski definition) is 4. The van der Waals surface area contributed by atoms with Crippen molar-refractivity contribution in [1.29, 1.82) is 0 Å². The van der Waals surface area contributed by atoms with Crippen molar-refractivity contribution in [3.05, 3.63) is 23.9 Å². The van der Waals surface area contributed by atoms with Gasteiger partial charge >= 0.3 is 6.18 Å². The molecule has 1 amide bonds. The molecular formula is C18H22F4N4O. The summed E-state index contributed by atoms with van der Waals surface area (Å²) in [6, 6.07) is 1.96. The Bertz CT molecular complexity index is 710. The highest BCUT2D eigenvalue weighted by Gasteiger charge is 2.50. The van der Waals surface area contributed by atoms with Crippen molar-refractivity contribution < 1.29 is 22.4 Å². The lowest BCUT2D eigenvalue weighted by Gasteiger charge is -2.32. The third kappa shape index (κ3) is 3.37. The van der Waals surface area contributed by atoms with Gasteiger partial charge in [0.25, 0.3) is 0 Å². The van der Waals surface area contributed by atoms with Gasteiger partial charge in [-0.25, -0.2) is 9.37 Å². The fourth-order valence-electron chi connectivity index (χ4n) is 5.03. The predicted molar refractivity (Wildman–Crippen MR) is 90.7 cm³/mol. The van der Waals surface area contributed by atoms with Crippen molar-refractivity contribution in [2.24, 2.45) is 17.6 Å². The molecule has 9 heteroatoms. The fourth-order valence-corrected chi connectivity index (χ4v) is 5.03. The zero-order valence-corrected chi connectivity index (χ0v) is 14.7. The number of likely N-dealkylation sites (tertiary alicyclic amines) is 1. The molecular weight excluding hydrogens is 364 g/mol. The number of carbonyl (C=O) groups excluding carboxylic acids is 1. The highest BCUT2D eigenvalue weighted by atomic mass is 19.4. The van der Waals surface area contributed by atoms with Gasteiger partial charge in [0.1, 0.15) is 12.0 Å². The number of nitrogens with two attached hydrogens (primary N) is 1. The SMILES string of the molecule is NC(=O)[C@@H]1C[C@@H](F)CN1[C@H]1CC[C@@H]2CN(c3ccc(C(F)(F)F)cn3)C[C@@H]21. The predicted octanol–water partition coefficient (Wildman–Crippen LogP) is 2.21. The van der Waals surface area contributed by atoms with Crippen LogP contribution >= 0.6 is 0 Å². The molecule has 3 heterocycles. The molecule has 0 spiro atoms. The highest BCUT2D eigenvalue weighted by molar-refractivity contribution is 5.80. The first kappa shape index (κ1) is 18.5. The van der Waals surface area contributed by atoms with E-state index in [-0.39, 0.29) is 24.9 Å². The summed E-state index contributed by atoms with van der Waals surface area (Å²) in [5.74, 6) is 0.637. The smallest absolute Gasteiger partial charge is 0.368 e. The Hall–Kier alpha value is -1.90. The number of amides is 1. The number of hydrogen-bond donors (Lipinski definition) is 1. The van der Waals surface area contributed by atoms with Gasteiger partial charge in [-0.15, -0.1) is 0 Å². The maximum Gasteiger partial charge on any atom is 0.417 e. The molecule has 1 aromatic rings. The van der Waals surface area contributed by atoms with Gasteiger partial charge in [-0.3, -0.25) is 9.69 Å². The molecule has 2 N–H and O–H groups in total. The van der Waals surface area contributed by atoms with Gasteiger partial charge in [0.2, 0.25) is 5.91 Å². The van der Waals surface area contributed by atoms with E-state index < -0.39 is 29.9 Å². The van der Waals surface area contributed by atoms with Gasteiger partial charge in [0.15, 0.2) is 0 Å². The summed E-state index contributed by atoms with van der Waals surface area (Å²) in [6.45, 7) is 1.58. The Kier molecular flexibility index (Phi) is 4.52. The molecule has 148 valence electrons. The number of primary amides is 1. The van der Waals surface area contributed by atoms with E-state index in [2.05, 4.69) is 4.98 Å². The minimum absolute atomic E-state index is 0.0766. The van der Waals surface area contributed by atoms with E-state index in [9.17, 15) is 22.4 Å². The maximum atomic E-state index is 13.9. The van der Waals surface area contributed by atoms with Crippen LogP contribution in [0.5, 0.6) is 0 Å². The Morgan fingerprint density at radius 3 is 2.59 bits per heavy atom. The standard InChI is InChI=1S/C18H22F4N4O/c19-12-5-15(17(23)27)26(8-12)14-3-1-10-7-25(9-13(10)14)16-4-2-11(6-24-16)18(20,21)22/h2,4,6,10,12-15H,1,3,5,7-9H2,(H2,23,27)/t10-,12-,13+,14+,15+/m1/s1. The second-order valence-electron chi connectivity index (χ2n) is 7.82. The van der Waals surface area contributed by atoms with Crippen LogP contribution in [0, 0.1) is 11.8 Å². The van der Waals surface area contributed by atoms with Crippen LogP contribution < -0.4 is 10.6 Å². The summed E-state index contributed by atoms with van der Waals surface area (Å²) in [6.07, 6.45) is -2.60. The molecule has 3 fully saturated rings. The molecule has 2 saturated heterocycles. The van der Waals surface area contributed by atoms with Crippen LogP contribution in [0.4, 0.5) is 23.4 Å². The highest BCUT2D eigenvalue weighted by Crippen LogP contribution is 2.44. The van der Waals surface area contributed by atoms with Gasteiger partial charge < -0.3 is 10.6 Å². The molecule has 1 aromatic heterocycles. The van der Waals surface area contributed by atoms with E-state index in [1.807, 2.05) is 9.80 Å². The van der Waals surface area contributed by atoms with Gasteiger partial charge in [0.05, 0.1) is 11.6 Å². The molecule has 5 atom stereocenters. The summed E-state index contributed by atoms with van der Waals surface area (Å²) >= 11 is 0. The molecule has 0 aromatic carbocycles. The third-order valence-corrected chi connectivity index (χ3v) is 6.26. The summed E-state index contributed by atoms with van der Waals surface area (Å²) < 4.78 is 52.0. The lowest BCUT2D eigenvalue weighted by atomic mass is 9.96. The van der Waals surface area contributed by atoms with Crippen LogP contribution in [0.15, 0.2) is 18.3 Å². The Morgan fingerprint density at radius 1 is 1.19 bits per heavy atom. The number of anilines is 1. The number of aromatic nitrogens is 1. The second-order valence-corrected chi connectivity index (χ2v) is 7.82. The first-order valence-electron chi connectivity index (χ1n) is 9.21. The number of alkyl halides is 4. The van der Waals surface area contributed by atoms with Crippen molar-refractivity contribution in [2.45, 2.75) is 43.7 Å². The van der Waals surface area contributed by atoms with E-state index in [0.29, 0.717) is 24.8 Å². The van der Waals surface area contributed by atoms with Crippen molar-refractivity contribution >= 4 is 11.7 Å². The van der Waals surface area contributed by atoms with Gasteiger partial charge in [0, 0.05) is 38.3 Å². The molecule has 0 radical (unpaired) electrons. The maximum absolute atomic E-state index is 13.9. The van der Waals surface area contributed by atoms with Crippen LogP contribution in [0.1, 0.15) is 24.8 Å². The van der Waals surface area contributed by atoms with E-state index >= 15 is 0 Å². The zero-order chi connectivity index (χ0) is 19.3. The number of carbonyl (C=O) groups is 1. The van der Waals surface area contributed by atoms with Crippen molar-refractivity contribution in [3.63, 3.8) is 0 Å². The molecule has 27 heavy (non-hydrogen) atoms. The van der Waals surface area contributed by atoms with E-state index in [4.69, 9.17) is 5.73 Å². The summed E-state index contributed by atoms with van der Waals surface area (Å²) in [5, 5.41) is 0. The number of pyridine rings is 1. The van der Waals surface area contributed by atoms with E-state index in [1.54, 1.807) is 0 Å². The minimum Gasteiger partial charge on any atom is -0.368 e.